The number of halogens is 2. The number of nitrogens with zero attached hydrogens (tertiary/aromatic N) is 14. The highest BCUT2D eigenvalue weighted by molar-refractivity contribution is 9.10. The molecule has 0 unspecified atom stereocenters. The van der Waals surface area contributed by atoms with Gasteiger partial charge in [-0.3, -0.25) is 4.79 Å². The third kappa shape index (κ3) is 28.9. The number of piperidine rings is 3. The number of likely N-dealkylation sites (tertiary alicyclic amines) is 3. The molecule has 0 spiro atoms. The molecule has 0 saturated carbocycles. The van der Waals surface area contributed by atoms with Crippen LogP contribution in [0.4, 0.5) is 26.0 Å². The highest BCUT2D eigenvalue weighted by atomic mass is 79.9. The smallest absolute Gasteiger partial charge is 0.410 e. The predicted molar refractivity (Wildman–Crippen MR) is 353 cm³/mol. The van der Waals surface area contributed by atoms with Crippen molar-refractivity contribution < 1.29 is 61.2 Å². The van der Waals surface area contributed by atoms with Gasteiger partial charge in [-0.2, -0.15) is 0 Å². The van der Waals surface area contributed by atoms with Gasteiger partial charge in [-0.1, -0.05) is 0 Å². The number of aromatic amines is 1. The zero-order valence-corrected chi connectivity index (χ0v) is 59.5. The maximum Gasteiger partial charge on any atom is 0.410 e. The van der Waals surface area contributed by atoms with E-state index in [-0.39, 0.29) is 23.8 Å². The van der Waals surface area contributed by atoms with Gasteiger partial charge >= 0.3 is 18.3 Å². The topological polar surface area (TPSA) is 289 Å². The molecule has 1 N–H and O–H groups in total. The summed E-state index contributed by atoms with van der Waals surface area (Å²) in [7, 11) is 2.99. The van der Waals surface area contributed by atoms with Gasteiger partial charge in [0.05, 0.1) is 77.4 Å². The fourth-order valence-electron chi connectivity index (χ4n) is 9.36. The summed E-state index contributed by atoms with van der Waals surface area (Å²) in [4.78, 5) is 97.7. The number of aromatic nitrogens is 8. The van der Waals surface area contributed by atoms with Gasteiger partial charge in [-0.25, -0.2) is 67.7 Å². The lowest BCUT2D eigenvalue weighted by Gasteiger charge is -2.33. The SMILES string of the molecule is CC(C)(C)OC(=O)N1CCC(COc2cnc(Br)cn2)CC1.COOSN1CCN(c2cnc(OCC3CCN(C(=O)OC(C)(C)C)CC3)cn2)CC1.COOSN1CCN(c2cnc(OCC3CCN(C(=O)OC(C)(C)C)CC3)cn2)CC1.O=c1cnc(Br)c[nH]1. The summed E-state index contributed by atoms with van der Waals surface area (Å²) >= 11 is 8.74. The second kappa shape index (κ2) is 38.0. The van der Waals surface area contributed by atoms with Crippen molar-refractivity contribution in [3.63, 3.8) is 0 Å². The second-order valence-electron chi connectivity index (χ2n) is 25.0. The van der Waals surface area contributed by atoms with Crippen molar-refractivity contribution in [3.8, 4) is 17.6 Å². The van der Waals surface area contributed by atoms with E-state index in [1.54, 1.807) is 51.9 Å². The van der Waals surface area contributed by atoms with Crippen LogP contribution in [0.2, 0.25) is 0 Å². The lowest BCUT2D eigenvalue weighted by Crippen LogP contribution is -2.44. The zero-order chi connectivity index (χ0) is 66.7. The third-order valence-corrected chi connectivity index (χ3v) is 16.6. The number of carbonyl (C=O) groups is 3. The summed E-state index contributed by atoms with van der Waals surface area (Å²) < 4.78 is 48.9. The first-order chi connectivity index (χ1) is 43.8. The Bertz CT molecular complexity index is 2710. The van der Waals surface area contributed by atoms with E-state index in [9.17, 15) is 19.2 Å². The van der Waals surface area contributed by atoms with E-state index < -0.39 is 16.8 Å². The number of amides is 3. The van der Waals surface area contributed by atoms with Crippen molar-refractivity contribution in [2.75, 3.05) is 135 Å². The van der Waals surface area contributed by atoms with Crippen molar-refractivity contribution in [2.24, 2.45) is 17.8 Å². The van der Waals surface area contributed by atoms with Crippen LogP contribution in [0.1, 0.15) is 101 Å². The Morgan fingerprint density at radius 3 is 1.04 bits per heavy atom. The standard InChI is InChI=1S/2C20H33N5O5S.C15H22BrN3O3.C4H3BrN2O/c2*1-20(2,3)29-19(26)24-7-5-16(6-8-24)15-28-18-14-21-17(13-22-18)23-9-11-25(12-10-23)31-30-27-4;1-15(2,3)22-14(20)19-6-4-11(5-7-19)10-21-13-9-17-12(16)8-18-13;5-3-1-7-4(8)2-6-3/h2*13-14,16H,5-12,15H2,1-4H3;8-9,11H,4-7,10H2,1-3H3;1-2H,(H,7,8). The fraction of sp³-hybridized carbons (Fsp3) is 0.678. The van der Waals surface area contributed by atoms with Crippen molar-refractivity contribution in [1.29, 1.82) is 0 Å². The van der Waals surface area contributed by atoms with Crippen molar-refractivity contribution in [3.05, 3.63) is 69.1 Å². The molecule has 33 heteroatoms. The maximum absolute atomic E-state index is 12.2. The fourth-order valence-corrected chi connectivity index (χ4v) is 10.7. The van der Waals surface area contributed by atoms with Gasteiger partial charge in [-0.15, -0.1) is 8.67 Å². The molecule has 5 saturated heterocycles. The van der Waals surface area contributed by atoms with Gasteiger partial charge in [0.25, 0.3) is 5.56 Å². The average molecular weight is 1460 g/mol. The summed E-state index contributed by atoms with van der Waals surface area (Å²) in [6.45, 7) is 29.6. The Morgan fingerprint density at radius 1 is 0.457 bits per heavy atom. The van der Waals surface area contributed by atoms with Crippen LogP contribution in [0.3, 0.4) is 0 Å². The monoisotopic (exact) mass is 1460 g/mol. The van der Waals surface area contributed by atoms with E-state index in [2.05, 4.69) is 99.9 Å². The molecule has 9 rings (SSSR count). The first-order valence-corrected chi connectivity index (χ1v) is 33.7. The van der Waals surface area contributed by atoms with E-state index in [1.165, 1.54) is 51.1 Å². The van der Waals surface area contributed by atoms with Gasteiger partial charge in [-0.05, 0) is 150 Å². The van der Waals surface area contributed by atoms with Gasteiger partial charge in [0, 0.05) is 97.8 Å². The lowest BCUT2D eigenvalue weighted by molar-refractivity contribution is -0.163. The Morgan fingerprint density at radius 2 is 0.783 bits per heavy atom. The largest absolute Gasteiger partial charge is 0.476 e. The number of anilines is 2. The molecule has 0 bridgehead atoms. The normalized spacial score (nSPS) is 17.4. The second-order valence-corrected chi connectivity index (χ2v) is 28.2. The molecular weight excluding hydrogens is 1370 g/mol. The van der Waals surface area contributed by atoms with Gasteiger partial charge in [0.2, 0.25) is 17.6 Å². The summed E-state index contributed by atoms with van der Waals surface area (Å²) in [6.07, 6.45) is 17.5. The molecule has 29 nitrogen and oxygen atoms in total. The summed E-state index contributed by atoms with van der Waals surface area (Å²) in [6, 6.07) is 0. The van der Waals surface area contributed by atoms with Gasteiger partial charge < -0.3 is 57.9 Å². The number of hydrogen-bond acceptors (Lipinski definition) is 27. The molecule has 4 aromatic rings. The van der Waals surface area contributed by atoms with Crippen LogP contribution in [-0.2, 0) is 32.7 Å². The van der Waals surface area contributed by atoms with Crippen molar-refractivity contribution in [2.45, 2.75) is 118 Å². The Hall–Kier alpha value is -5.65. The minimum absolute atomic E-state index is 0.187. The number of nitrogens with one attached hydrogen (secondary N) is 1. The molecule has 0 radical (unpaired) electrons. The minimum Gasteiger partial charge on any atom is -0.476 e. The Labute approximate surface area is 565 Å². The summed E-state index contributed by atoms with van der Waals surface area (Å²) in [5.41, 5.74) is -1.56. The molecule has 5 fully saturated rings. The number of H-pyrrole nitrogens is 1. The molecule has 9 heterocycles. The quantitative estimate of drug-likeness (QED) is 0.0338. The average Bonchev–Trinajstić information content (AvgIpc) is 1.35. The van der Waals surface area contributed by atoms with Crippen LogP contribution < -0.4 is 29.6 Å². The molecule has 0 aromatic carbocycles. The van der Waals surface area contributed by atoms with Crippen LogP contribution in [0.15, 0.2) is 63.6 Å². The Kier molecular flexibility index (Phi) is 31.2. The number of ether oxygens (including phenoxy) is 6. The predicted octanol–water partition coefficient (Wildman–Crippen LogP) is 9.33. The highest BCUT2D eigenvalue weighted by Crippen LogP contribution is 2.26. The molecule has 3 amide bonds. The number of carbonyl (C=O) groups excluding carboxylic acids is 3. The van der Waals surface area contributed by atoms with Crippen LogP contribution in [-0.4, -0.2) is 224 Å². The third-order valence-electron chi connectivity index (χ3n) is 14.2. The molecule has 5 aliphatic rings. The number of rotatable bonds is 17. The van der Waals surface area contributed by atoms with Crippen molar-refractivity contribution >= 4 is 86.2 Å². The van der Waals surface area contributed by atoms with Crippen molar-refractivity contribution in [1.82, 2.24) is 63.2 Å². The van der Waals surface area contributed by atoms with Gasteiger partial charge in [0.15, 0.2) is 0 Å². The van der Waals surface area contributed by atoms with Crippen LogP contribution in [0.25, 0.3) is 0 Å². The molecular formula is C59H91Br2N15O14S2. The molecule has 0 atom stereocenters. The zero-order valence-electron chi connectivity index (χ0n) is 54.7. The van der Waals surface area contributed by atoms with E-state index in [0.29, 0.717) is 104 Å². The van der Waals surface area contributed by atoms with E-state index >= 15 is 0 Å². The van der Waals surface area contributed by atoms with E-state index in [0.717, 1.165) is 103 Å². The van der Waals surface area contributed by atoms with Gasteiger partial charge in [0.1, 0.15) is 62.1 Å². The lowest BCUT2D eigenvalue weighted by atomic mass is 9.98. The number of piperazine rings is 2. The first kappa shape index (κ1) is 75.4. The first-order valence-electron chi connectivity index (χ1n) is 30.7. The highest BCUT2D eigenvalue weighted by Gasteiger charge is 2.31. The molecule has 512 valence electrons. The Balaban J connectivity index is 0.000000209. The van der Waals surface area contributed by atoms with Crippen LogP contribution >= 0.6 is 56.3 Å². The molecule has 0 aliphatic carbocycles. The van der Waals surface area contributed by atoms with E-state index in [1.807, 2.05) is 62.3 Å². The summed E-state index contributed by atoms with van der Waals surface area (Å²) in [5.74, 6) is 4.47. The van der Waals surface area contributed by atoms with E-state index in [4.69, 9.17) is 37.1 Å². The number of hydrogen-bond donors (Lipinski definition) is 1. The van der Waals surface area contributed by atoms with Crippen LogP contribution in [0.5, 0.6) is 17.6 Å². The molecule has 4 aromatic heterocycles. The summed E-state index contributed by atoms with van der Waals surface area (Å²) in [5, 5.41) is 0. The molecule has 92 heavy (non-hydrogen) atoms. The maximum atomic E-state index is 12.2. The minimum atomic E-state index is -0.465. The van der Waals surface area contributed by atoms with Crippen LogP contribution in [0, 0.1) is 17.8 Å². The molecule has 5 aliphatic heterocycles.